The van der Waals surface area contributed by atoms with Crippen LogP contribution in [-0.4, -0.2) is 62.2 Å². The number of piperazine rings is 1. The van der Waals surface area contributed by atoms with Crippen LogP contribution in [0.15, 0.2) is 30.3 Å². The number of aryl methyl sites for hydroxylation is 1. The Labute approximate surface area is 144 Å². The van der Waals surface area contributed by atoms with E-state index in [2.05, 4.69) is 61.3 Å². The Hall–Kier alpha value is -2.34. The second-order valence-electron chi connectivity index (χ2n) is 6.52. The molecule has 0 amide bonds. The topological polar surface area (TPSA) is 47.5 Å². The molecular formula is C18H26N6. The van der Waals surface area contributed by atoms with Crippen molar-refractivity contribution in [1.29, 1.82) is 0 Å². The van der Waals surface area contributed by atoms with Crippen LogP contribution >= 0.6 is 0 Å². The Balaban J connectivity index is 1.76. The average Bonchev–Trinajstić information content (AvgIpc) is 2.55. The first-order valence-electron chi connectivity index (χ1n) is 8.35. The number of hydrogen-bond acceptors (Lipinski definition) is 6. The van der Waals surface area contributed by atoms with Crippen molar-refractivity contribution in [2.75, 3.05) is 62.4 Å². The summed E-state index contributed by atoms with van der Waals surface area (Å²) < 4.78 is 0. The lowest BCUT2D eigenvalue weighted by molar-refractivity contribution is 0.312. The van der Waals surface area contributed by atoms with Crippen molar-refractivity contribution in [2.45, 2.75) is 6.92 Å². The lowest BCUT2D eigenvalue weighted by atomic mass is 10.2. The van der Waals surface area contributed by atoms with Crippen molar-refractivity contribution in [2.24, 2.45) is 0 Å². The van der Waals surface area contributed by atoms with Crippen LogP contribution in [0.4, 0.5) is 23.0 Å². The van der Waals surface area contributed by atoms with Crippen molar-refractivity contribution in [1.82, 2.24) is 14.9 Å². The summed E-state index contributed by atoms with van der Waals surface area (Å²) in [4.78, 5) is 15.9. The Kier molecular flexibility index (Phi) is 4.85. The van der Waals surface area contributed by atoms with E-state index in [1.165, 1.54) is 5.69 Å². The molecule has 0 unspecified atom stereocenters. The predicted octanol–water partition coefficient (Wildman–Crippen LogP) is 2.35. The van der Waals surface area contributed by atoms with Crippen LogP contribution in [-0.2, 0) is 0 Å². The number of anilines is 4. The lowest BCUT2D eigenvalue weighted by Crippen LogP contribution is -2.44. The smallest absolute Gasteiger partial charge is 0.136 e. The maximum atomic E-state index is 4.61. The normalized spacial score (nSPS) is 15.4. The minimum absolute atomic E-state index is 0.791. The van der Waals surface area contributed by atoms with Crippen LogP contribution in [0, 0.1) is 6.92 Å². The largest absolute Gasteiger partial charge is 0.378 e. The Morgan fingerprint density at radius 3 is 2.29 bits per heavy atom. The SMILES string of the molecule is Cc1nc(Nc2ccc(N(C)C)cc2)cc(N2CCN(C)CC2)n1. The van der Waals surface area contributed by atoms with Crippen molar-refractivity contribution in [3.8, 4) is 0 Å². The monoisotopic (exact) mass is 326 g/mol. The molecule has 2 heterocycles. The van der Waals surface area contributed by atoms with Gasteiger partial charge >= 0.3 is 0 Å². The summed E-state index contributed by atoms with van der Waals surface area (Å²) in [5.41, 5.74) is 2.21. The first-order valence-corrected chi connectivity index (χ1v) is 8.35. The fraction of sp³-hybridized carbons (Fsp3) is 0.444. The molecule has 3 rings (SSSR count). The van der Waals surface area contributed by atoms with Crippen molar-refractivity contribution in [3.05, 3.63) is 36.2 Å². The first-order chi connectivity index (χ1) is 11.5. The molecule has 0 aliphatic carbocycles. The quantitative estimate of drug-likeness (QED) is 0.931. The second-order valence-corrected chi connectivity index (χ2v) is 6.52. The molecule has 1 aliphatic heterocycles. The number of nitrogens with zero attached hydrogens (tertiary/aromatic N) is 5. The maximum absolute atomic E-state index is 4.61. The fourth-order valence-electron chi connectivity index (χ4n) is 2.80. The van der Waals surface area contributed by atoms with E-state index in [0.29, 0.717) is 0 Å². The van der Waals surface area contributed by atoms with Crippen molar-refractivity contribution in [3.63, 3.8) is 0 Å². The number of likely N-dealkylation sites (N-methyl/N-ethyl adjacent to an activating group) is 1. The molecule has 0 atom stereocenters. The molecular weight excluding hydrogens is 300 g/mol. The van der Waals surface area contributed by atoms with Gasteiger partial charge in [0.2, 0.25) is 0 Å². The second kappa shape index (κ2) is 7.05. The summed E-state index contributed by atoms with van der Waals surface area (Å²) in [5.74, 6) is 2.64. The molecule has 1 aromatic carbocycles. The van der Waals surface area contributed by atoms with Gasteiger partial charge in [0.15, 0.2) is 0 Å². The average molecular weight is 326 g/mol. The molecule has 6 heteroatoms. The minimum atomic E-state index is 0.791. The predicted molar refractivity (Wildman–Crippen MR) is 101 cm³/mol. The van der Waals surface area contributed by atoms with Crippen LogP contribution in [0.1, 0.15) is 5.82 Å². The first kappa shape index (κ1) is 16.5. The molecule has 0 bridgehead atoms. The summed E-state index contributed by atoms with van der Waals surface area (Å²) in [5, 5.41) is 3.39. The van der Waals surface area contributed by atoms with Gasteiger partial charge in [0.05, 0.1) is 0 Å². The van der Waals surface area contributed by atoms with Gasteiger partial charge in [-0.1, -0.05) is 0 Å². The molecule has 2 aromatic rings. The van der Waals surface area contributed by atoms with Crippen molar-refractivity contribution < 1.29 is 0 Å². The lowest BCUT2D eigenvalue weighted by Gasteiger charge is -2.33. The highest BCUT2D eigenvalue weighted by Crippen LogP contribution is 2.22. The van der Waals surface area contributed by atoms with E-state index in [-0.39, 0.29) is 0 Å². The van der Waals surface area contributed by atoms with Crippen LogP contribution in [0.2, 0.25) is 0 Å². The Morgan fingerprint density at radius 1 is 1.00 bits per heavy atom. The van der Waals surface area contributed by atoms with Gasteiger partial charge in [-0.3, -0.25) is 0 Å². The summed E-state index contributed by atoms with van der Waals surface area (Å²) in [7, 11) is 6.24. The molecule has 1 fully saturated rings. The fourth-order valence-corrected chi connectivity index (χ4v) is 2.80. The third kappa shape index (κ3) is 3.94. The van der Waals surface area contributed by atoms with E-state index < -0.39 is 0 Å². The third-order valence-electron chi connectivity index (χ3n) is 4.31. The highest BCUT2D eigenvalue weighted by Gasteiger charge is 2.16. The number of aromatic nitrogens is 2. The Morgan fingerprint density at radius 2 is 1.67 bits per heavy atom. The van der Waals surface area contributed by atoms with Gasteiger partial charge < -0.3 is 20.0 Å². The van der Waals surface area contributed by atoms with Crippen LogP contribution in [0.5, 0.6) is 0 Å². The Bertz CT molecular complexity index is 674. The van der Waals surface area contributed by atoms with Gasteiger partial charge in [-0.05, 0) is 38.2 Å². The van der Waals surface area contributed by atoms with Crippen LogP contribution < -0.4 is 15.1 Å². The zero-order valence-corrected chi connectivity index (χ0v) is 15.0. The minimum Gasteiger partial charge on any atom is -0.378 e. The molecule has 6 nitrogen and oxygen atoms in total. The van der Waals surface area contributed by atoms with Gasteiger partial charge in [-0.2, -0.15) is 0 Å². The highest BCUT2D eigenvalue weighted by molar-refractivity contribution is 5.62. The van der Waals surface area contributed by atoms with Crippen molar-refractivity contribution >= 4 is 23.0 Å². The molecule has 0 spiro atoms. The summed E-state index contributed by atoms with van der Waals surface area (Å²) in [6.45, 7) is 6.09. The van der Waals surface area contributed by atoms with E-state index in [4.69, 9.17) is 0 Å². The zero-order chi connectivity index (χ0) is 17.1. The third-order valence-corrected chi connectivity index (χ3v) is 4.31. The number of rotatable bonds is 4. The van der Waals surface area contributed by atoms with E-state index in [1.807, 2.05) is 27.1 Å². The van der Waals surface area contributed by atoms with Gasteiger partial charge in [-0.15, -0.1) is 0 Å². The number of hydrogen-bond donors (Lipinski definition) is 1. The summed E-state index contributed by atoms with van der Waals surface area (Å²) in [6.07, 6.45) is 0. The van der Waals surface area contributed by atoms with Gasteiger partial charge in [0.1, 0.15) is 17.5 Å². The number of nitrogens with one attached hydrogen (secondary N) is 1. The molecule has 128 valence electrons. The van der Waals surface area contributed by atoms with Crippen LogP contribution in [0.25, 0.3) is 0 Å². The molecule has 24 heavy (non-hydrogen) atoms. The van der Waals surface area contributed by atoms with Gasteiger partial charge in [-0.25, -0.2) is 9.97 Å². The summed E-state index contributed by atoms with van der Waals surface area (Å²) >= 11 is 0. The molecule has 1 saturated heterocycles. The summed E-state index contributed by atoms with van der Waals surface area (Å²) in [6, 6.07) is 10.4. The van der Waals surface area contributed by atoms with Gasteiger partial charge in [0, 0.05) is 57.7 Å². The van der Waals surface area contributed by atoms with Crippen LogP contribution in [0.3, 0.4) is 0 Å². The molecule has 1 aliphatic rings. The highest BCUT2D eigenvalue weighted by atomic mass is 15.3. The molecule has 1 N–H and O–H groups in total. The maximum Gasteiger partial charge on any atom is 0.136 e. The van der Waals surface area contributed by atoms with E-state index in [9.17, 15) is 0 Å². The molecule has 1 aromatic heterocycles. The zero-order valence-electron chi connectivity index (χ0n) is 15.0. The standard InChI is InChI=1S/C18H26N6/c1-14-19-17(21-15-5-7-16(8-6-15)22(2)3)13-18(20-14)24-11-9-23(4)10-12-24/h5-8,13H,9-12H2,1-4H3,(H,19,20,21). The van der Waals surface area contributed by atoms with Gasteiger partial charge in [0.25, 0.3) is 0 Å². The molecule has 0 saturated carbocycles. The number of benzene rings is 1. The van der Waals surface area contributed by atoms with E-state index in [0.717, 1.165) is 49.3 Å². The van der Waals surface area contributed by atoms with E-state index >= 15 is 0 Å². The van der Waals surface area contributed by atoms with E-state index in [1.54, 1.807) is 0 Å². The molecule has 0 radical (unpaired) electrons.